The number of ether oxygens (including phenoxy) is 1. The van der Waals surface area contributed by atoms with Gasteiger partial charge in [0.2, 0.25) is 0 Å². The molecule has 3 nitrogen and oxygen atoms in total. The molecule has 0 fully saturated rings. The van der Waals surface area contributed by atoms with Crippen LogP contribution < -0.4 is 0 Å². The molecule has 0 heterocycles. The minimum Gasteiger partial charge on any atom is -0.394 e. The smallest absolute Gasteiger partial charge is 0.100 e. The van der Waals surface area contributed by atoms with Gasteiger partial charge in [-0.15, -0.1) is 0 Å². The lowest BCUT2D eigenvalue weighted by Crippen LogP contribution is -2.19. The van der Waals surface area contributed by atoms with Gasteiger partial charge in [0.1, 0.15) is 6.10 Å². The van der Waals surface area contributed by atoms with Crippen molar-refractivity contribution in [3.8, 4) is 0 Å². The van der Waals surface area contributed by atoms with E-state index in [1.807, 2.05) is 0 Å². The summed E-state index contributed by atoms with van der Waals surface area (Å²) in [5.74, 6) is 0. The molecule has 0 aliphatic carbocycles. The molecule has 36 heavy (non-hydrogen) atoms. The van der Waals surface area contributed by atoms with Gasteiger partial charge in [0.05, 0.1) is 13.2 Å². The van der Waals surface area contributed by atoms with Crippen molar-refractivity contribution in [2.45, 2.75) is 193 Å². The lowest BCUT2D eigenvalue weighted by molar-refractivity contribution is 0.00526. The van der Waals surface area contributed by atoms with Crippen LogP contribution in [-0.4, -0.2) is 36.1 Å². The lowest BCUT2D eigenvalue weighted by Gasteiger charge is -2.08. The molecular formula is C33H68O3. The summed E-state index contributed by atoms with van der Waals surface area (Å²) >= 11 is 0. The van der Waals surface area contributed by atoms with Gasteiger partial charge in [-0.3, -0.25) is 0 Å². The van der Waals surface area contributed by atoms with Crippen molar-refractivity contribution < 1.29 is 14.9 Å². The minimum atomic E-state index is -0.719. The van der Waals surface area contributed by atoms with Crippen molar-refractivity contribution in [2.24, 2.45) is 0 Å². The van der Waals surface area contributed by atoms with Crippen LogP contribution >= 0.6 is 0 Å². The van der Waals surface area contributed by atoms with Crippen LogP contribution in [0, 0.1) is 0 Å². The van der Waals surface area contributed by atoms with Gasteiger partial charge < -0.3 is 14.9 Å². The van der Waals surface area contributed by atoms with E-state index in [9.17, 15) is 5.11 Å². The summed E-state index contributed by atoms with van der Waals surface area (Å²) in [7, 11) is 0. The highest BCUT2D eigenvalue weighted by Crippen LogP contribution is 2.16. The van der Waals surface area contributed by atoms with Gasteiger partial charge in [0.15, 0.2) is 0 Å². The molecule has 0 saturated heterocycles. The monoisotopic (exact) mass is 513 g/mol. The molecule has 2 N–H and O–H groups in total. The number of hydrogen-bond donors (Lipinski definition) is 2. The zero-order valence-corrected chi connectivity index (χ0v) is 24.8. The second-order valence-electron chi connectivity index (χ2n) is 11.5. The van der Waals surface area contributed by atoms with Gasteiger partial charge in [0, 0.05) is 6.61 Å². The maximum atomic E-state index is 9.19. The molecule has 0 saturated carbocycles. The average Bonchev–Trinajstić information content (AvgIpc) is 2.89. The fourth-order valence-corrected chi connectivity index (χ4v) is 5.15. The SMILES string of the molecule is CCCCCCCCCCCCCCCCCCCCCCCCCCCCCCOCC(O)CO. The van der Waals surface area contributed by atoms with Crippen molar-refractivity contribution >= 4 is 0 Å². The first kappa shape index (κ1) is 35.9. The average molecular weight is 513 g/mol. The summed E-state index contributed by atoms with van der Waals surface area (Å²) in [5, 5.41) is 17.9. The first-order valence-corrected chi connectivity index (χ1v) is 16.7. The third-order valence-electron chi connectivity index (χ3n) is 7.66. The normalized spacial score (nSPS) is 12.4. The van der Waals surface area contributed by atoms with Crippen LogP contribution in [-0.2, 0) is 4.74 Å². The van der Waals surface area contributed by atoms with Crippen LogP contribution in [0.1, 0.15) is 187 Å². The summed E-state index contributed by atoms with van der Waals surface area (Å²) in [6.07, 6.45) is 39.0. The first-order valence-electron chi connectivity index (χ1n) is 16.7. The first-order chi connectivity index (χ1) is 17.8. The molecule has 0 bridgehead atoms. The molecule has 0 radical (unpaired) electrons. The molecule has 1 atom stereocenters. The van der Waals surface area contributed by atoms with E-state index in [1.165, 1.54) is 173 Å². The second kappa shape index (κ2) is 32.9. The maximum absolute atomic E-state index is 9.19. The van der Waals surface area contributed by atoms with Gasteiger partial charge in [-0.25, -0.2) is 0 Å². The highest BCUT2D eigenvalue weighted by Gasteiger charge is 2.01. The van der Waals surface area contributed by atoms with E-state index in [4.69, 9.17) is 9.84 Å². The van der Waals surface area contributed by atoms with Gasteiger partial charge in [-0.2, -0.15) is 0 Å². The molecule has 0 aliphatic heterocycles. The van der Waals surface area contributed by atoms with Gasteiger partial charge >= 0.3 is 0 Å². The van der Waals surface area contributed by atoms with E-state index in [1.54, 1.807) is 0 Å². The highest BCUT2D eigenvalue weighted by atomic mass is 16.5. The van der Waals surface area contributed by atoms with E-state index in [2.05, 4.69) is 6.92 Å². The van der Waals surface area contributed by atoms with Crippen molar-refractivity contribution in [1.29, 1.82) is 0 Å². The maximum Gasteiger partial charge on any atom is 0.100 e. The molecule has 0 rings (SSSR count). The fraction of sp³-hybridized carbons (Fsp3) is 1.00. The molecule has 3 heteroatoms. The Morgan fingerprint density at radius 3 is 0.917 bits per heavy atom. The Bertz CT molecular complexity index is 374. The molecule has 0 aliphatic rings. The number of aliphatic hydroxyl groups is 2. The van der Waals surface area contributed by atoms with Gasteiger partial charge in [0.25, 0.3) is 0 Å². The molecule has 0 aromatic heterocycles. The Morgan fingerprint density at radius 2 is 0.667 bits per heavy atom. The Hall–Kier alpha value is -0.120. The van der Waals surface area contributed by atoms with Crippen molar-refractivity contribution in [1.82, 2.24) is 0 Å². The van der Waals surface area contributed by atoms with Crippen LogP contribution in [0.2, 0.25) is 0 Å². The van der Waals surface area contributed by atoms with Crippen LogP contribution in [0.15, 0.2) is 0 Å². The molecule has 0 aromatic carbocycles. The predicted octanol–water partition coefficient (Wildman–Crippen LogP) is 10.3. The van der Waals surface area contributed by atoms with Crippen molar-refractivity contribution in [3.05, 3.63) is 0 Å². The Labute approximate surface area is 227 Å². The van der Waals surface area contributed by atoms with Crippen LogP contribution in [0.5, 0.6) is 0 Å². The summed E-state index contributed by atoms with van der Waals surface area (Å²) < 4.78 is 5.34. The standard InChI is InChI=1S/C33H68O3/c1-2-3-4-5-6-7-8-9-10-11-12-13-14-15-16-17-18-19-20-21-22-23-24-25-26-27-28-29-30-36-32-33(35)31-34/h33-35H,2-32H2,1H3. The molecule has 0 spiro atoms. The Balaban J connectivity index is 3.02. The Morgan fingerprint density at radius 1 is 0.417 bits per heavy atom. The van der Waals surface area contributed by atoms with E-state index in [-0.39, 0.29) is 13.2 Å². The van der Waals surface area contributed by atoms with Crippen LogP contribution in [0.4, 0.5) is 0 Å². The summed E-state index contributed by atoms with van der Waals surface area (Å²) in [6, 6.07) is 0. The van der Waals surface area contributed by atoms with Crippen LogP contribution in [0.3, 0.4) is 0 Å². The Kier molecular flexibility index (Phi) is 32.8. The summed E-state index contributed by atoms with van der Waals surface area (Å²) in [4.78, 5) is 0. The third-order valence-corrected chi connectivity index (χ3v) is 7.66. The van der Waals surface area contributed by atoms with Crippen molar-refractivity contribution in [2.75, 3.05) is 19.8 Å². The lowest BCUT2D eigenvalue weighted by atomic mass is 10.0. The molecule has 218 valence electrons. The molecule has 1 unspecified atom stereocenters. The summed E-state index contributed by atoms with van der Waals surface area (Å²) in [5.41, 5.74) is 0. The zero-order valence-electron chi connectivity index (χ0n) is 24.8. The number of rotatable bonds is 32. The number of hydrogen-bond acceptors (Lipinski definition) is 3. The van der Waals surface area contributed by atoms with E-state index in [0.29, 0.717) is 6.61 Å². The van der Waals surface area contributed by atoms with Crippen molar-refractivity contribution in [3.63, 3.8) is 0 Å². The number of aliphatic hydroxyl groups excluding tert-OH is 2. The minimum absolute atomic E-state index is 0.209. The fourth-order valence-electron chi connectivity index (χ4n) is 5.15. The summed E-state index contributed by atoms with van der Waals surface area (Å²) in [6.45, 7) is 3.06. The molecular weight excluding hydrogens is 444 g/mol. The number of unbranched alkanes of at least 4 members (excludes halogenated alkanes) is 27. The van der Waals surface area contributed by atoms with E-state index < -0.39 is 6.10 Å². The van der Waals surface area contributed by atoms with Gasteiger partial charge in [-0.1, -0.05) is 180 Å². The third kappa shape index (κ3) is 31.9. The topological polar surface area (TPSA) is 49.7 Å². The van der Waals surface area contributed by atoms with E-state index >= 15 is 0 Å². The van der Waals surface area contributed by atoms with Crippen LogP contribution in [0.25, 0.3) is 0 Å². The van der Waals surface area contributed by atoms with E-state index in [0.717, 1.165) is 6.42 Å². The predicted molar refractivity (Wildman–Crippen MR) is 159 cm³/mol. The second-order valence-corrected chi connectivity index (χ2v) is 11.5. The quantitative estimate of drug-likeness (QED) is 0.0881. The van der Waals surface area contributed by atoms with Gasteiger partial charge in [-0.05, 0) is 6.42 Å². The zero-order chi connectivity index (χ0) is 26.2. The molecule has 0 amide bonds. The largest absolute Gasteiger partial charge is 0.394 e. The highest BCUT2D eigenvalue weighted by molar-refractivity contribution is 4.53. The molecule has 0 aromatic rings.